The van der Waals surface area contributed by atoms with Crippen molar-refractivity contribution in [2.75, 3.05) is 6.61 Å². The Hall–Kier alpha value is -0.0400. The van der Waals surface area contributed by atoms with Crippen molar-refractivity contribution in [2.24, 2.45) is 5.92 Å². The van der Waals surface area contributed by atoms with E-state index in [2.05, 4.69) is 13.8 Å². The first-order valence-electron chi connectivity index (χ1n) is 2.90. The second kappa shape index (κ2) is 1.83. The molecule has 1 heteroatoms. The van der Waals surface area contributed by atoms with Crippen LogP contribution in [0, 0.1) is 5.92 Å². The molecule has 1 heterocycles. The SMILES string of the molecule is CC(C)C[C@@H]1CO1. The Labute approximate surface area is 44.7 Å². The second-order valence-electron chi connectivity index (χ2n) is 2.58. The first kappa shape index (κ1) is 5.10. The smallest absolute Gasteiger partial charge is 0.0812 e. The van der Waals surface area contributed by atoms with Crippen molar-refractivity contribution in [3.63, 3.8) is 0 Å². The van der Waals surface area contributed by atoms with Gasteiger partial charge in [0.05, 0.1) is 12.7 Å². The molecule has 1 aliphatic heterocycles. The van der Waals surface area contributed by atoms with Gasteiger partial charge >= 0.3 is 0 Å². The minimum Gasteiger partial charge on any atom is -0.373 e. The van der Waals surface area contributed by atoms with E-state index in [-0.39, 0.29) is 0 Å². The van der Waals surface area contributed by atoms with Crippen molar-refractivity contribution < 1.29 is 4.74 Å². The van der Waals surface area contributed by atoms with E-state index in [1.807, 2.05) is 0 Å². The molecule has 0 bridgehead atoms. The van der Waals surface area contributed by atoms with Gasteiger partial charge in [-0.1, -0.05) is 13.8 Å². The van der Waals surface area contributed by atoms with Crippen molar-refractivity contribution in [3.8, 4) is 0 Å². The number of ether oxygens (including phenoxy) is 1. The maximum Gasteiger partial charge on any atom is 0.0812 e. The normalized spacial score (nSPS) is 28.7. The molecule has 1 fully saturated rings. The average molecular weight is 100 g/mol. The van der Waals surface area contributed by atoms with Gasteiger partial charge in [-0.15, -0.1) is 0 Å². The summed E-state index contributed by atoms with van der Waals surface area (Å²) in [6.45, 7) is 5.46. The highest BCUT2D eigenvalue weighted by Crippen LogP contribution is 2.17. The zero-order chi connectivity index (χ0) is 5.28. The molecule has 0 aromatic rings. The molecule has 0 saturated carbocycles. The van der Waals surface area contributed by atoms with E-state index in [1.54, 1.807) is 0 Å². The van der Waals surface area contributed by atoms with Crippen molar-refractivity contribution in [3.05, 3.63) is 0 Å². The van der Waals surface area contributed by atoms with Gasteiger partial charge in [-0.3, -0.25) is 0 Å². The Kier molecular flexibility index (Phi) is 1.33. The monoisotopic (exact) mass is 100 g/mol. The van der Waals surface area contributed by atoms with Crippen molar-refractivity contribution >= 4 is 0 Å². The number of hydrogen-bond acceptors (Lipinski definition) is 1. The maximum atomic E-state index is 5.02. The van der Waals surface area contributed by atoms with Gasteiger partial charge in [0.25, 0.3) is 0 Å². The molecule has 1 aliphatic rings. The molecule has 7 heavy (non-hydrogen) atoms. The summed E-state index contributed by atoms with van der Waals surface area (Å²) in [4.78, 5) is 0. The first-order valence-corrected chi connectivity index (χ1v) is 2.90. The van der Waals surface area contributed by atoms with Crippen LogP contribution in [0.2, 0.25) is 0 Å². The lowest BCUT2D eigenvalue weighted by atomic mass is 10.1. The van der Waals surface area contributed by atoms with Crippen LogP contribution in [0.5, 0.6) is 0 Å². The van der Waals surface area contributed by atoms with Crippen molar-refractivity contribution in [2.45, 2.75) is 26.4 Å². The Morgan fingerprint density at radius 2 is 2.29 bits per heavy atom. The van der Waals surface area contributed by atoms with E-state index in [0.29, 0.717) is 6.10 Å². The summed E-state index contributed by atoms with van der Waals surface area (Å²) < 4.78 is 5.02. The van der Waals surface area contributed by atoms with Crippen molar-refractivity contribution in [1.29, 1.82) is 0 Å². The van der Waals surface area contributed by atoms with Crippen LogP contribution in [0.4, 0.5) is 0 Å². The molecule has 0 spiro atoms. The quantitative estimate of drug-likeness (QED) is 0.478. The van der Waals surface area contributed by atoms with Gasteiger partial charge in [0.15, 0.2) is 0 Å². The van der Waals surface area contributed by atoms with E-state index in [1.165, 1.54) is 6.42 Å². The third-order valence-electron chi connectivity index (χ3n) is 1.14. The molecule has 0 aliphatic carbocycles. The fourth-order valence-electron chi connectivity index (χ4n) is 0.730. The lowest BCUT2D eigenvalue weighted by Gasteiger charge is -1.95. The maximum absolute atomic E-state index is 5.02. The average Bonchev–Trinajstić information content (AvgIpc) is 2.17. The van der Waals surface area contributed by atoms with E-state index >= 15 is 0 Å². The molecule has 0 aromatic heterocycles. The topological polar surface area (TPSA) is 12.5 Å². The van der Waals surface area contributed by atoms with Crippen LogP contribution in [0.1, 0.15) is 20.3 Å². The zero-order valence-corrected chi connectivity index (χ0v) is 4.98. The molecule has 1 saturated heterocycles. The fourth-order valence-corrected chi connectivity index (χ4v) is 0.730. The summed E-state index contributed by atoms with van der Waals surface area (Å²) in [7, 11) is 0. The summed E-state index contributed by atoms with van der Waals surface area (Å²) in [6, 6.07) is 0. The number of epoxide rings is 1. The van der Waals surface area contributed by atoms with Crippen LogP contribution in [-0.4, -0.2) is 12.7 Å². The summed E-state index contributed by atoms with van der Waals surface area (Å²) in [6.07, 6.45) is 1.87. The largest absolute Gasteiger partial charge is 0.373 e. The standard InChI is InChI=1S/C6H12O/c1-5(2)3-6-4-7-6/h5-6H,3-4H2,1-2H3/t6-/m1/s1. The van der Waals surface area contributed by atoms with Gasteiger partial charge in [0.1, 0.15) is 0 Å². The lowest BCUT2D eigenvalue weighted by Crippen LogP contribution is -1.92. The van der Waals surface area contributed by atoms with Crippen LogP contribution in [-0.2, 0) is 4.74 Å². The van der Waals surface area contributed by atoms with E-state index in [9.17, 15) is 0 Å². The van der Waals surface area contributed by atoms with Crippen LogP contribution in [0.15, 0.2) is 0 Å². The Bertz CT molecular complexity index is 55.2. The van der Waals surface area contributed by atoms with Gasteiger partial charge in [-0.2, -0.15) is 0 Å². The van der Waals surface area contributed by atoms with Gasteiger partial charge in [-0.05, 0) is 12.3 Å². The minimum atomic E-state index is 0.625. The molecule has 1 rings (SSSR count). The molecule has 0 aromatic carbocycles. The predicted molar refractivity (Wildman–Crippen MR) is 29.2 cm³/mol. The van der Waals surface area contributed by atoms with Gasteiger partial charge in [-0.25, -0.2) is 0 Å². The van der Waals surface area contributed by atoms with Crippen LogP contribution < -0.4 is 0 Å². The molecule has 1 atom stereocenters. The highest BCUT2D eigenvalue weighted by molar-refractivity contribution is 4.69. The van der Waals surface area contributed by atoms with Crippen LogP contribution >= 0.6 is 0 Å². The Morgan fingerprint density at radius 1 is 1.71 bits per heavy atom. The van der Waals surface area contributed by atoms with Crippen LogP contribution in [0.3, 0.4) is 0 Å². The summed E-state index contributed by atoms with van der Waals surface area (Å²) in [5.74, 6) is 0.812. The van der Waals surface area contributed by atoms with Gasteiger partial charge in [0.2, 0.25) is 0 Å². The van der Waals surface area contributed by atoms with Gasteiger partial charge < -0.3 is 4.74 Å². The molecular formula is C6H12O. The van der Waals surface area contributed by atoms with Crippen molar-refractivity contribution in [1.82, 2.24) is 0 Å². The fraction of sp³-hybridized carbons (Fsp3) is 1.00. The molecule has 1 nitrogen and oxygen atoms in total. The number of hydrogen-bond donors (Lipinski definition) is 0. The third-order valence-corrected chi connectivity index (χ3v) is 1.14. The molecule has 42 valence electrons. The molecule has 0 radical (unpaired) electrons. The molecule has 0 amide bonds. The Balaban J connectivity index is 1.97. The molecular weight excluding hydrogens is 88.1 g/mol. The van der Waals surface area contributed by atoms with E-state index < -0.39 is 0 Å². The highest BCUT2D eigenvalue weighted by atomic mass is 16.6. The molecule has 0 unspecified atom stereocenters. The zero-order valence-electron chi connectivity index (χ0n) is 4.98. The molecule has 0 N–H and O–H groups in total. The number of rotatable bonds is 2. The third kappa shape index (κ3) is 1.93. The highest BCUT2D eigenvalue weighted by Gasteiger charge is 2.22. The van der Waals surface area contributed by atoms with E-state index in [4.69, 9.17) is 4.74 Å². The first-order chi connectivity index (χ1) is 3.29. The minimum absolute atomic E-state index is 0.625. The summed E-state index contributed by atoms with van der Waals surface area (Å²) >= 11 is 0. The summed E-state index contributed by atoms with van der Waals surface area (Å²) in [5, 5.41) is 0. The predicted octanol–water partition coefficient (Wildman–Crippen LogP) is 1.43. The lowest BCUT2D eigenvalue weighted by molar-refractivity contribution is 0.370. The van der Waals surface area contributed by atoms with Crippen LogP contribution in [0.25, 0.3) is 0 Å². The summed E-state index contributed by atoms with van der Waals surface area (Å²) in [5.41, 5.74) is 0. The Morgan fingerprint density at radius 3 is 2.43 bits per heavy atom. The van der Waals surface area contributed by atoms with E-state index in [0.717, 1.165) is 12.5 Å². The second-order valence-corrected chi connectivity index (χ2v) is 2.58. The van der Waals surface area contributed by atoms with Gasteiger partial charge in [0, 0.05) is 0 Å².